The maximum Gasteiger partial charge on any atom is 0.348 e. The van der Waals surface area contributed by atoms with Crippen molar-refractivity contribution in [2.24, 2.45) is 0 Å². The number of nitrogens with zero attached hydrogens (tertiary/aromatic N) is 3. The first-order chi connectivity index (χ1) is 13.1. The summed E-state index contributed by atoms with van der Waals surface area (Å²) in [6.07, 6.45) is 2.69. The zero-order valence-electron chi connectivity index (χ0n) is 14.5. The van der Waals surface area contributed by atoms with Crippen LogP contribution in [0.25, 0.3) is 11.7 Å². The van der Waals surface area contributed by atoms with Crippen LogP contribution in [0.2, 0.25) is 0 Å². The minimum Gasteiger partial charge on any atom is -0.462 e. The fourth-order valence-corrected chi connectivity index (χ4v) is 2.37. The van der Waals surface area contributed by atoms with Crippen LogP contribution in [0.3, 0.4) is 0 Å². The Bertz CT molecular complexity index is 1110. The number of aromatic nitrogens is 2. The summed E-state index contributed by atoms with van der Waals surface area (Å²) < 4.78 is 11.9. The van der Waals surface area contributed by atoms with Gasteiger partial charge in [0, 0.05) is 6.20 Å². The molecule has 0 N–H and O–H groups in total. The number of nitriles is 1. The Labute approximate surface area is 154 Å². The number of para-hydroxylation sites is 1. The summed E-state index contributed by atoms with van der Waals surface area (Å²) >= 11 is 0. The summed E-state index contributed by atoms with van der Waals surface area (Å²) in [7, 11) is 0. The fourth-order valence-electron chi connectivity index (χ4n) is 2.37. The van der Waals surface area contributed by atoms with Crippen molar-refractivity contribution in [3.05, 3.63) is 76.2 Å². The number of esters is 1. The highest BCUT2D eigenvalue weighted by molar-refractivity contribution is 5.98. The monoisotopic (exact) mass is 361 g/mol. The Morgan fingerprint density at radius 3 is 2.67 bits per heavy atom. The minimum absolute atomic E-state index is 0.00514. The molecule has 7 nitrogen and oxygen atoms in total. The molecule has 0 aliphatic carbocycles. The van der Waals surface area contributed by atoms with Crippen molar-refractivity contribution in [2.75, 3.05) is 6.61 Å². The lowest BCUT2D eigenvalue weighted by atomic mass is 10.2. The highest BCUT2D eigenvalue weighted by Gasteiger charge is 2.17. The van der Waals surface area contributed by atoms with Crippen molar-refractivity contribution in [3.8, 4) is 17.7 Å². The Hall–Kier alpha value is -3.92. The zero-order chi connectivity index (χ0) is 19.2. The second kappa shape index (κ2) is 7.97. The van der Waals surface area contributed by atoms with Crippen LogP contribution in [0.5, 0.6) is 11.6 Å². The second-order valence-electron chi connectivity index (χ2n) is 5.37. The first-order valence-corrected chi connectivity index (χ1v) is 8.17. The van der Waals surface area contributed by atoms with Crippen molar-refractivity contribution in [1.29, 1.82) is 5.26 Å². The summed E-state index contributed by atoms with van der Waals surface area (Å²) in [6, 6.07) is 15.6. The Morgan fingerprint density at radius 1 is 1.22 bits per heavy atom. The molecule has 0 unspecified atom stereocenters. The van der Waals surface area contributed by atoms with Gasteiger partial charge in [-0.25, -0.2) is 4.79 Å². The van der Waals surface area contributed by atoms with Crippen LogP contribution >= 0.6 is 0 Å². The van der Waals surface area contributed by atoms with Gasteiger partial charge in [0.1, 0.15) is 28.6 Å². The lowest BCUT2D eigenvalue weighted by Gasteiger charge is -2.10. The number of rotatable bonds is 5. The van der Waals surface area contributed by atoms with E-state index in [-0.39, 0.29) is 23.6 Å². The van der Waals surface area contributed by atoms with E-state index in [1.54, 1.807) is 61.7 Å². The van der Waals surface area contributed by atoms with E-state index < -0.39 is 11.5 Å². The molecule has 3 rings (SSSR count). The molecule has 1 aromatic carbocycles. The van der Waals surface area contributed by atoms with Gasteiger partial charge in [-0.3, -0.25) is 9.20 Å². The molecule has 0 fully saturated rings. The van der Waals surface area contributed by atoms with E-state index in [0.29, 0.717) is 11.4 Å². The number of hydrogen-bond donors (Lipinski definition) is 0. The molecule has 0 aliphatic heterocycles. The third-order valence-electron chi connectivity index (χ3n) is 3.60. The summed E-state index contributed by atoms with van der Waals surface area (Å²) in [5.74, 6) is -0.355. The summed E-state index contributed by atoms with van der Waals surface area (Å²) in [5.41, 5.74) is -0.430. The molecule has 27 heavy (non-hydrogen) atoms. The summed E-state index contributed by atoms with van der Waals surface area (Å²) in [5, 5.41) is 9.28. The van der Waals surface area contributed by atoms with Gasteiger partial charge in [-0.15, -0.1) is 0 Å². The molecule has 7 heteroatoms. The van der Waals surface area contributed by atoms with E-state index in [2.05, 4.69) is 4.98 Å². The fraction of sp³-hybridized carbons (Fsp3) is 0.100. The van der Waals surface area contributed by atoms with Crippen molar-refractivity contribution >= 4 is 17.7 Å². The van der Waals surface area contributed by atoms with Gasteiger partial charge < -0.3 is 9.47 Å². The SMILES string of the molecule is CCOC(=O)C(C#N)=Cc1c(Oc2ccccc2)nc2ccccn2c1=O. The van der Waals surface area contributed by atoms with Gasteiger partial charge in [0.25, 0.3) is 5.56 Å². The third-order valence-corrected chi connectivity index (χ3v) is 3.60. The van der Waals surface area contributed by atoms with E-state index in [0.717, 1.165) is 6.08 Å². The van der Waals surface area contributed by atoms with E-state index in [9.17, 15) is 14.9 Å². The maximum absolute atomic E-state index is 12.9. The second-order valence-corrected chi connectivity index (χ2v) is 5.37. The molecule has 0 spiro atoms. The quantitative estimate of drug-likeness (QED) is 0.394. The first-order valence-electron chi connectivity index (χ1n) is 8.17. The van der Waals surface area contributed by atoms with E-state index in [4.69, 9.17) is 9.47 Å². The van der Waals surface area contributed by atoms with Gasteiger partial charge in [0.05, 0.1) is 6.61 Å². The molecular weight excluding hydrogens is 346 g/mol. The van der Waals surface area contributed by atoms with Crippen LogP contribution in [-0.2, 0) is 9.53 Å². The molecular formula is C20H15N3O4. The number of hydrogen-bond acceptors (Lipinski definition) is 6. The number of carbonyl (C=O) groups is 1. The summed E-state index contributed by atoms with van der Waals surface area (Å²) in [4.78, 5) is 29.2. The van der Waals surface area contributed by atoms with Crippen molar-refractivity contribution in [2.45, 2.75) is 6.92 Å². The highest BCUT2D eigenvalue weighted by atomic mass is 16.5. The predicted molar refractivity (Wildman–Crippen MR) is 98.2 cm³/mol. The minimum atomic E-state index is -0.816. The zero-order valence-corrected chi connectivity index (χ0v) is 14.5. The topological polar surface area (TPSA) is 93.7 Å². The molecule has 0 amide bonds. The van der Waals surface area contributed by atoms with Gasteiger partial charge in [0.15, 0.2) is 0 Å². The maximum atomic E-state index is 12.9. The number of carbonyl (C=O) groups excluding carboxylic acids is 1. The van der Waals surface area contributed by atoms with Crippen molar-refractivity contribution in [1.82, 2.24) is 9.38 Å². The van der Waals surface area contributed by atoms with Gasteiger partial charge in [-0.1, -0.05) is 24.3 Å². The molecule has 2 heterocycles. The van der Waals surface area contributed by atoms with Crippen LogP contribution in [-0.4, -0.2) is 22.0 Å². The molecule has 0 saturated heterocycles. The number of benzene rings is 1. The molecule has 0 aliphatic rings. The number of ether oxygens (including phenoxy) is 2. The largest absolute Gasteiger partial charge is 0.462 e. The van der Waals surface area contributed by atoms with Gasteiger partial charge in [-0.2, -0.15) is 10.2 Å². The lowest BCUT2D eigenvalue weighted by molar-refractivity contribution is -0.137. The van der Waals surface area contributed by atoms with E-state index >= 15 is 0 Å². The normalized spacial score (nSPS) is 11.0. The van der Waals surface area contributed by atoms with Crippen LogP contribution in [0, 0.1) is 11.3 Å². The van der Waals surface area contributed by atoms with Crippen molar-refractivity contribution < 1.29 is 14.3 Å². The van der Waals surface area contributed by atoms with E-state index in [1.165, 1.54) is 4.40 Å². The molecule has 0 atom stereocenters. The van der Waals surface area contributed by atoms with Gasteiger partial charge in [-0.05, 0) is 37.3 Å². The standard InChI is InChI=1S/C20H15N3O4/c1-2-26-20(25)14(13-21)12-16-18(27-15-8-4-3-5-9-15)22-17-10-6-7-11-23(17)19(16)24/h3-12H,2H2,1H3. The molecule has 0 saturated carbocycles. The molecule has 0 bridgehead atoms. The number of fused-ring (bicyclic) bond motifs is 1. The van der Waals surface area contributed by atoms with Crippen LogP contribution in [0.1, 0.15) is 12.5 Å². The van der Waals surface area contributed by atoms with Crippen LogP contribution < -0.4 is 10.3 Å². The molecule has 3 aromatic rings. The van der Waals surface area contributed by atoms with Crippen LogP contribution in [0.15, 0.2) is 65.1 Å². The Morgan fingerprint density at radius 2 is 1.96 bits per heavy atom. The summed E-state index contributed by atoms with van der Waals surface area (Å²) in [6.45, 7) is 1.74. The molecule has 0 radical (unpaired) electrons. The van der Waals surface area contributed by atoms with E-state index in [1.807, 2.05) is 6.07 Å². The average Bonchev–Trinajstić information content (AvgIpc) is 2.69. The Balaban J connectivity index is 2.21. The smallest absolute Gasteiger partial charge is 0.348 e. The number of pyridine rings is 1. The predicted octanol–water partition coefficient (Wildman–Crippen LogP) is 2.96. The molecule has 134 valence electrons. The van der Waals surface area contributed by atoms with Crippen LogP contribution in [0.4, 0.5) is 0 Å². The highest BCUT2D eigenvalue weighted by Crippen LogP contribution is 2.23. The average molecular weight is 361 g/mol. The third kappa shape index (κ3) is 3.85. The van der Waals surface area contributed by atoms with Crippen molar-refractivity contribution in [3.63, 3.8) is 0 Å². The van der Waals surface area contributed by atoms with Gasteiger partial charge in [0.2, 0.25) is 5.88 Å². The first kappa shape index (κ1) is 17.9. The lowest BCUT2D eigenvalue weighted by Crippen LogP contribution is -2.19. The van der Waals surface area contributed by atoms with Gasteiger partial charge >= 0.3 is 5.97 Å². The molecule has 2 aromatic heterocycles. The Kier molecular flexibility index (Phi) is 5.28.